The van der Waals surface area contributed by atoms with E-state index in [0.29, 0.717) is 11.0 Å². The van der Waals surface area contributed by atoms with E-state index in [4.69, 9.17) is 5.73 Å². The van der Waals surface area contributed by atoms with Gasteiger partial charge in [-0.1, -0.05) is 35.8 Å². The van der Waals surface area contributed by atoms with Gasteiger partial charge in [0, 0.05) is 15.8 Å². The first-order chi connectivity index (χ1) is 8.45. The number of halogens is 1. The molecular formula is C14H17BrN2S. The minimum absolute atomic E-state index is 0.418. The lowest BCUT2D eigenvalue weighted by Gasteiger charge is -2.06. The summed E-state index contributed by atoms with van der Waals surface area (Å²) in [5.74, 6) is 0.418. The van der Waals surface area contributed by atoms with Crippen LogP contribution in [-0.4, -0.2) is 4.98 Å². The summed E-state index contributed by atoms with van der Waals surface area (Å²) in [5.41, 5.74) is 9.53. The number of benzene rings is 1. The van der Waals surface area contributed by atoms with Gasteiger partial charge in [0.25, 0.3) is 0 Å². The van der Waals surface area contributed by atoms with Gasteiger partial charge in [0.05, 0.1) is 5.69 Å². The van der Waals surface area contributed by atoms with Crippen LogP contribution in [-0.2, 0) is 6.42 Å². The molecule has 0 saturated carbocycles. The largest absolute Gasteiger partial charge is 0.375 e. The van der Waals surface area contributed by atoms with Crippen molar-refractivity contribution in [3.63, 3.8) is 0 Å². The lowest BCUT2D eigenvalue weighted by Crippen LogP contribution is -1.95. The molecule has 0 radical (unpaired) electrons. The number of thiazole rings is 1. The van der Waals surface area contributed by atoms with E-state index in [1.54, 1.807) is 11.3 Å². The lowest BCUT2D eigenvalue weighted by atomic mass is 10.0. The van der Waals surface area contributed by atoms with Gasteiger partial charge in [0.2, 0.25) is 0 Å². The molecule has 1 aromatic heterocycles. The number of anilines is 1. The number of rotatable bonds is 3. The molecule has 0 saturated heterocycles. The van der Waals surface area contributed by atoms with Crippen LogP contribution in [0, 0.1) is 6.92 Å². The quantitative estimate of drug-likeness (QED) is 0.902. The van der Waals surface area contributed by atoms with Crippen molar-refractivity contribution in [1.82, 2.24) is 4.98 Å². The Morgan fingerprint density at radius 2 is 2.06 bits per heavy atom. The maximum Gasteiger partial charge on any atom is 0.180 e. The predicted octanol–water partition coefficient (Wildman–Crippen LogP) is 4.51. The molecule has 0 amide bonds. The highest BCUT2D eigenvalue weighted by Crippen LogP contribution is 2.29. The molecule has 96 valence electrons. The van der Waals surface area contributed by atoms with Gasteiger partial charge in [0.15, 0.2) is 5.13 Å². The number of aryl methyl sites for hydroxylation is 1. The molecule has 18 heavy (non-hydrogen) atoms. The molecule has 2 aromatic rings. The molecule has 0 spiro atoms. The van der Waals surface area contributed by atoms with Gasteiger partial charge in [-0.3, -0.25) is 0 Å². The summed E-state index contributed by atoms with van der Waals surface area (Å²) in [7, 11) is 0. The summed E-state index contributed by atoms with van der Waals surface area (Å²) in [6.07, 6.45) is 0.905. The van der Waals surface area contributed by atoms with Crippen LogP contribution in [0.2, 0.25) is 0 Å². The van der Waals surface area contributed by atoms with Gasteiger partial charge in [-0.15, -0.1) is 11.3 Å². The van der Waals surface area contributed by atoms with Crippen LogP contribution in [0.3, 0.4) is 0 Å². The molecule has 1 aromatic carbocycles. The Hall–Kier alpha value is -0.870. The highest BCUT2D eigenvalue weighted by molar-refractivity contribution is 9.10. The lowest BCUT2D eigenvalue weighted by molar-refractivity contribution is 0.820. The van der Waals surface area contributed by atoms with E-state index in [-0.39, 0.29) is 0 Å². The van der Waals surface area contributed by atoms with E-state index >= 15 is 0 Å². The normalized spacial score (nSPS) is 11.2. The predicted molar refractivity (Wildman–Crippen MR) is 82.3 cm³/mol. The third-order valence-corrected chi connectivity index (χ3v) is 4.12. The van der Waals surface area contributed by atoms with E-state index in [9.17, 15) is 0 Å². The molecule has 2 nitrogen and oxygen atoms in total. The Labute approximate surface area is 120 Å². The third-order valence-electron chi connectivity index (χ3n) is 2.76. The Morgan fingerprint density at radius 1 is 1.33 bits per heavy atom. The SMILES string of the molecule is Cc1cc(Br)cc(Cc2sc(N)nc2C(C)C)c1. The number of aromatic nitrogens is 1. The Kier molecular flexibility index (Phi) is 4.07. The maximum atomic E-state index is 5.83. The van der Waals surface area contributed by atoms with Crippen LogP contribution in [0.1, 0.15) is 41.5 Å². The van der Waals surface area contributed by atoms with Crippen molar-refractivity contribution in [2.24, 2.45) is 0 Å². The number of hydrogen-bond acceptors (Lipinski definition) is 3. The van der Waals surface area contributed by atoms with E-state index in [0.717, 1.165) is 16.6 Å². The van der Waals surface area contributed by atoms with Gasteiger partial charge < -0.3 is 5.73 Å². The van der Waals surface area contributed by atoms with Crippen LogP contribution >= 0.6 is 27.3 Å². The van der Waals surface area contributed by atoms with Crippen molar-refractivity contribution < 1.29 is 0 Å². The van der Waals surface area contributed by atoms with Gasteiger partial charge in [0.1, 0.15) is 0 Å². The first-order valence-electron chi connectivity index (χ1n) is 5.97. The van der Waals surface area contributed by atoms with Crippen LogP contribution in [0.25, 0.3) is 0 Å². The average Bonchev–Trinajstić information content (AvgIpc) is 2.57. The number of nitrogens with two attached hydrogens (primary N) is 1. The fraction of sp³-hybridized carbons (Fsp3) is 0.357. The summed E-state index contributed by atoms with van der Waals surface area (Å²) in [4.78, 5) is 5.71. The molecule has 2 N–H and O–H groups in total. The Balaban J connectivity index is 2.33. The molecule has 0 fully saturated rings. The molecule has 0 bridgehead atoms. The monoisotopic (exact) mass is 324 g/mol. The van der Waals surface area contributed by atoms with Gasteiger partial charge in [-0.05, 0) is 36.1 Å². The average molecular weight is 325 g/mol. The molecule has 0 atom stereocenters. The van der Waals surface area contributed by atoms with E-state index < -0.39 is 0 Å². The zero-order valence-electron chi connectivity index (χ0n) is 10.8. The fourth-order valence-corrected chi connectivity index (χ4v) is 3.74. The smallest absolute Gasteiger partial charge is 0.180 e. The summed E-state index contributed by atoms with van der Waals surface area (Å²) in [6, 6.07) is 6.49. The molecule has 0 aliphatic rings. The summed E-state index contributed by atoms with van der Waals surface area (Å²) in [5, 5.41) is 0.667. The first kappa shape index (κ1) is 13.6. The highest BCUT2D eigenvalue weighted by atomic mass is 79.9. The van der Waals surface area contributed by atoms with Crippen LogP contribution in [0.15, 0.2) is 22.7 Å². The second-order valence-electron chi connectivity index (χ2n) is 4.83. The van der Waals surface area contributed by atoms with Crippen molar-refractivity contribution in [1.29, 1.82) is 0 Å². The van der Waals surface area contributed by atoms with Crippen LogP contribution in [0.4, 0.5) is 5.13 Å². The Morgan fingerprint density at radius 3 is 2.67 bits per heavy atom. The Bertz CT molecular complexity index is 541. The van der Waals surface area contributed by atoms with Gasteiger partial charge in [-0.25, -0.2) is 4.98 Å². The number of nitrogen functional groups attached to an aromatic ring is 1. The number of hydrogen-bond donors (Lipinski definition) is 1. The van der Waals surface area contributed by atoms with Crippen LogP contribution in [0.5, 0.6) is 0 Å². The van der Waals surface area contributed by atoms with Crippen molar-refractivity contribution in [3.05, 3.63) is 44.4 Å². The third kappa shape index (κ3) is 3.12. The molecular weight excluding hydrogens is 308 g/mol. The fourth-order valence-electron chi connectivity index (χ4n) is 2.06. The van der Waals surface area contributed by atoms with Crippen molar-refractivity contribution in [3.8, 4) is 0 Å². The summed E-state index contributed by atoms with van der Waals surface area (Å²) < 4.78 is 1.13. The van der Waals surface area contributed by atoms with E-state index in [1.165, 1.54) is 16.0 Å². The van der Waals surface area contributed by atoms with Gasteiger partial charge >= 0.3 is 0 Å². The zero-order valence-corrected chi connectivity index (χ0v) is 13.2. The van der Waals surface area contributed by atoms with Crippen molar-refractivity contribution in [2.75, 3.05) is 5.73 Å². The van der Waals surface area contributed by atoms with Crippen LogP contribution < -0.4 is 5.73 Å². The molecule has 0 aliphatic heterocycles. The summed E-state index contributed by atoms with van der Waals surface area (Å²) >= 11 is 5.14. The summed E-state index contributed by atoms with van der Waals surface area (Å²) in [6.45, 7) is 6.42. The van der Waals surface area contributed by atoms with Gasteiger partial charge in [-0.2, -0.15) is 0 Å². The second-order valence-corrected chi connectivity index (χ2v) is 6.86. The standard InChI is InChI=1S/C14H17BrN2S/c1-8(2)13-12(18-14(16)17-13)7-10-4-9(3)5-11(15)6-10/h4-6,8H,7H2,1-3H3,(H2,16,17). The topological polar surface area (TPSA) is 38.9 Å². The molecule has 1 heterocycles. The number of nitrogens with zero attached hydrogens (tertiary/aromatic N) is 1. The highest BCUT2D eigenvalue weighted by Gasteiger charge is 2.13. The molecule has 0 unspecified atom stereocenters. The minimum Gasteiger partial charge on any atom is -0.375 e. The molecule has 0 aliphatic carbocycles. The van der Waals surface area contributed by atoms with E-state index in [2.05, 4.69) is 59.9 Å². The maximum absolute atomic E-state index is 5.83. The minimum atomic E-state index is 0.418. The second kappa shape index (κ2) is 5.41. The first-order valence-corrected chi connectivity index (χ1v) is 7.58. The molecule has 2 rings (SSSR count). The van der Waals surface area contributed by atoms with Crippen molar-refractivity contribution >= 4 is 32.4 Å². The van der Waals surface area contributed by atoms with Crippen molar-refractivity contribution in [2.45, 2.75) is 33.1 Å². The zero-order chi connectivity index (χ0) is 13.3. The molecule has 4 heteroatoms. The van der Waals surface area contributed by atoms with E-state index in [1.807, 2.05) is 0 Å².